The quantitative estimate of drug-likeness (QED) is 0.627. The van der Waals surface area contributed by atoms with Crippen molar-refractivity contribution in [3.8, 4) is 6.07 Å². The number of nitrogens with zero attached hydrogens (tertiary/aromatic N) is 1. The average Bonchev–Trinajstić information content (AvgIpc) is 2.56. The molecule has 0 heterocycles. The van der Waals surface area contributed by atoms with Gasteiger partial charge in [0.1, 0.15) is 11.6 Å². The lowest BCUT2D eigenvalue weighted by atomic mass is 9.53. The fraction of sp³-hybridized carbons (Fsp3) is 0.500. The molecule has 0 atom stereocenters. The van der Waals surface area contributed by atoms with Crippen LogP contribution in [0.15, 0.2) is 36.0 Å². The lowest BCUT2D eigenvalue weighted by molar-refractivity contribution is -0.112. The van der Waals surface area contributed by atoms with Gasteiger partial charge in [0.2, 0.25) is 0 Å². The molecule has 1 aromatic carbocycles. The maximum absolute atomic E-state index is 12.4. The van der Waals surface area contributed by atoms with Gasteiger partial charge in [-0.2, -0.15) is 5.26 Å². The Hall–Kier alpha value is -1.99. The monoisotopic (exact) mass is 355 g/mol. The Bertz CT molecular complexity index is 729. The minimum absolute atomic E-state index is 0.0848. The standard InChI is InChI=1S/C20H22ClN3O/c21-17-3-1-2-4-18(17)24-19(25)16(11-22)12-23-20-8-13-5-14(9-20)7-15(6-13)10-20/h1-4,12-15,23H,5-10H2,(H,24,25)/b16-12-. The van der Waals surface area contributed by atoms with Crippen LogP contribution in [0.25, 0.3) is 0 Å². The summed E-state index contributed by atoms with van der Waals surface area (Å²) in [5.41, 5.74) is 0.697. The molecule has 25 heavy (non-hydrogen) atoms. The molecular formula is C20H22ClN3O. The van der Waals surface area contributed by atoms with Crippen molar-refractivity contribution in [1.29, 1.82) is 5.26 Å². The second-order valence-corrected chi connectivity index (χ2v) is 8.35. The fourth-order valence-corrected chi connectivity index (χ4v) is 5.60. The van der Waals surface area contributed by atoms with Crippen molar-refractivity contribution in [2.45, 2.75) is 44.1 Å². The largest absolute Gasteiger partial charge is 0.384 e. The summed E-state index contributed by atoms with van der Waals surface area (Å²) in [5.74, 6) is 2.02. The highest BCUT2D eigenvalue weighted by Crippen LogP contribution is 2.55. The molecule has 0 unspecified atom stereocenters. The molecular weight excluding hydrogens is 334 g/mol. The van der Waals surface area contributed by atoms with E-state index in [1.165, 1.54) is 38.5 Å². The van der Waals surface area contributed by atoms with Crippen molar-refractivity contribution in [1.82, 2.24) is 5.32 Å². The molecule has 5 heteroatoms. The molecule has 0 spiro atoms. The first kappa shape index (κ1) is 16.5. The average molecular weight is 356 g/mol. The van der Waals surface area contributed by atoms with E-state index in [1.54, 1.807) is 30.5 Å². The van der Waals surface area contributed by atoms with E-state index in [4.69, 9.17) is 11.6 Å². The second-order valence-electron chi connectivity index (χ2n) is 7.95. The Morgan fingerprint density at radius 2 is 1.76 bits per heavy atom. The molecule has 2 N–H and O–H groups in total. The lowest BCUT2D eigenvalue weighted by Gasteiger charge is -2.56. The number of benzene rings is 1. The molecule has 4 fully saturated rings. The van der Waals surface area contributed by atoms with Gasteiger partial charge in [-0.05, 0) is 68.4 Å². The van der Waals surface area contributed by atoms with Crippen LogP contribution in [-0.2, 0) is 4.79 Å². The number of nitriles is 1. The topological polar surface area (TPSA) is 64.9 Å². The van der Waals surface area contributed by atoms with Crippen LogP contribution in [-0.4, -0.2) is 11.4 Å². The van der Waals surface area contributed by atoms with Crippen molar-refractivity contribution in [2.24, 2.45) is 17.8 Å². The predicted molar refractivity (Wildman–Crippen MR) is 97.8 cm³/mol. The molecule has 0 saturated heterocycles. The smallest absolute Gasteiger partial charge is 0.267 e. The maximum atomic E-state index is 12.4. The first-order valence-electron chi connectivity index (χ1n) is 9.01. The first-order chi connectivity index (χ1) is 12.1. The van der Waals surface area contributed by atoms with Crippen LogP contribution in [0.4, 0.5) is 5.69 Å². The highest BCUT2D eigenvalue weighted by atomic mass is 35.5. The third-order valence-electron chi connectivity index (χ3n) is 6.05. The normalized spacial score (nSPS) is 33.0. The minimum atomic E-state index is -0.423. The highest BCUT2D eigenvalue weighted by Gasteiger charge is 2.50. The number of carbonyl (C=O) groups is 1. The van der Waals surface area contributed by atoms with Crippen LogP contribution in [0.5, 0.6) is 0 Å². The number of carbonyl (C=O) groups excluding carboxylic acids is 1. The summed E-state index contributed by atoms with van der Waals surface area (Å²) in [4.78, 5) is 12.4. The van der Waals surface area contributed by atoms with E-state index in [-0.39, 0.29) is 11.1 Å². The number of amides is 1. The summed E-state index contributed by atoms with van der Waals surface area (Å²) in [5, 5.41) is 16.1. The highest BCUT2D eigenvalue weighted by molar-refractivity contribution is 6.33. The van der Waals surface area contributed by atoms with Gasteiger partial charge in [-0.15, -0.1) is 0 Å². The van der Waals surface area contributed by atoms with Gasteiger partial charge < -0.3 is 10.6 Å². The molecule has 1 amide bonds. The second kappa shape index (κ2) is 6.38. The molecule has 4 saturated carbocycles. The van der Waals surface area contributed by atoms with Gasteiger partial charge in [0.05, 0.1) is 10.7 Å². The Morgan fingerprint density at radius 1 is 1.16 bits per heavy atom. The van der Waals surface area contributed by atoms with E-state index in [0.717, 1.165) is 17.8 Å². The van der Waals surface area contributed by atoms with E-state index in [2.05, 4.69) is 10.6 Å². The summed E-state index contributed by atoms with van der Waals surface area (Å²) in [6, 6.07) is 9.05. The maximum Gasteiger partial charge on any atom is 0.267 e. The number of halogens is 1. The molecule has 0 aliphatic heterocycles. The Morgan fingerprint density at radius 3 is 2.32 bits per heavy atom. The number of para-hydroxylation sites is 1. The fourth-order valence-electron chi connectivity index (χ4n) is 5.41. The molecule has 4 aliphatic carbocycles. The van der Waals surface area contributed by atoms with E-state index < -0.39 is 5.91 Å². The summed E-state index contributed by atoms with van der Waals surface area (Å²) in [7, 11) is 0. The molecule has 130 valence electrons. The summed E-state index contributed by atoms with van der Waals surface area (Å²) in [6.07, 6.45) is 9.22. The van der Waals surface area contributed by atoms with Gasteiger partial charge in [-0.1, -0.05) is 23.7 Å². The summed E-state index contributed by atoms with van der Waals surface area (Å²) in [6.45, 7) is 0. The molecule has 1 aromatic rings. The van der Waals surface area contributed by atoms with Crippen LogP contribution in [0, 0.1) is 29.1 Å². The number of hydrogen-bond donors (Lipinski definition) is 2. The molecule has 4 aliphatic rings. The Balaban J connectivity index is 1.47. The third kappa shape index (κ3) is 3.26. The van der Waals surface area contributed by atoms with Crippen LogP contribution in [0.2, 0.25) is 5.02 Å². The zero-order valence-corrected chi connectivity index (χ0v) is 14.9. The van der Waals surface area contributed by atoms with Crippen molar-refractivity contribution in [2.75, 3.05) is 5.32 Å². The Labute approximate surface area is 153 Å². The van der Waals surface area contributed by atoms with E-state index in [0.29, 0.717) is 10.7 Å². The van der Waals surface area contributed by atoms with Crippen LogP contribution < -0.4 is 10.6 Å². The molecule has 5 rings (SSSR count). The van der Waals surface area contributed by atoms with Gasteiger partial charge in [-0.25, -0.2) is 0 Å². The van der Waals surface area contributed by atoms with Crippen molar-refractivity contribution >= 4 is 23.2 Å². The number of nitrogens with one attached hydrogen (secondary N) is 2. The van der Waals surface area contributed by atoms with Crippen molar-refractivity contribution in [3.63, 3.8) is 0 Å². The summed E-state index contributed by atoms with van der Waals surface area (Å²) >= 11 is 6.07. The number of rotatable bonds is 4. The van der Waals surface area contributed by atoms with Crippen LogP contribution >= 0.6 is 11.6 Å². The van der Waals surface area contributed by atoms with Crippen LogP contribution in [0.1, 0.15) is 38.5 Å². The summed E-state index contributed by atoms with van der Waals surface area (Å²) < 4.78 is 0. The lowest BCUT2D eigenvalue weighted by Crippen LogP contribution is -2.57. The van der Waals surface area contributed by atoms with E-state index in [9.17, 15) is 10.1 Å². The number of anilines is 1. The SMILES string of the molecule is N#C/C(=C/NC12CC3CC(CC(C3)C1)C2)C(=O)Nc1ccccc1Cl. The van der Waals surface area contributed by atoms with Gasteiger partial charge in [0.15, 0.2) is 0 Å². The first-order valence-corrected chi connectivity index (χ1v) is 9.38. The number of hydrogen-bond acceptors (Lipinski definition) is 3. The van der Waals surface area contributed by atoms with Gasteiger partial charge in [-0.3, -0.25) is 4.79 Å². The van der Waals surface area contributed by atoms with Crippen molar-refractivity contribution < 1.29 is 4.79 Å². The predicted octanol–water partition coefficient (Wildman–Crippen LogP) is 4.24. The molecule has 0 radical (unpaired) electrons. The van der Waals surface area contributed by atoms with Gasteiger partial charge in [0.25, 0.3) is 5.91 Å². The van der Waals surface area contributed by atoms with Gasteiger partial charge in [0, 0.05) is 11.7 Å². The minimum Gasteiger partial charge on any atom is -0.384 e. The van der Waals surface area contributed by atoms with E-state index >= 15 is 0 Å². The molecule has 0 aromatic heterocycles. The van der Waals surface area contributed by atoms with Crippen molar-refractivity contribution in [3.05, 3.63) is 41.1 Å². The van der Waals surface area contributed by atoms with E-state index in [1.807, 2.05) is 6.07 Å². The molecule has 4 bridgehead atoms. The van der Waals surface area contributed by atoms with Crippen LogP contribution in [0.3, 0.4) is 0 Å². The zero-order valence-electron chi connectivity index (χ0n) is 14.1. The zero-order chi connectivity index (χ0) is 17.4. The van der Waals surface area contributed by atoms with Gasteiger partial charge >= 0.3 is 0 Å². The third-order valence-corrected chi connectivity index (χ3v) is 6.38. The molecule has 4 nitrogen and oxygen atoms in total. The Kier molecular flexibility index (Phi) is 4.21.